The zero-order chi connectivity index (χ0) is 22.2. The van der Waals surface area contributed by atoms with Gasteiger partial charge in [0.05, 0.1) is 0 Å². The lowest BCUT2D eigenvalue weighted by Gasteiger charge is -2.42. The Morgan fingerprint density at radius 2 is 1.84 bits per heavy atom. The molecule has 0 bridgehead atoms. The average Bonchev–Trinajstić information content (AvgIpc) is 3.09. The van der Waals surface area contributed by atoms with Crippen LogP contribution in [0.3, 0.4) is 0 Å². The quantitative estimate of drug-likeness (QED) is 0.597. The molecule has 2 amide bonds. The van der Waals surface area contributed by atoms with E-state index < -0.39 is 17.9 Å². The Morgan fingerprint density at radius 1 is 1.03 bits per heavy atom. The van der Waals surface area contributed by atoms with Crippen molar-refractivity contribution in [3.05, 3.63) is 0 Å². The molecule has 3 N–H and O–H groups in total. The van der Waals surface area contributed by atoms with E-state index >= 15 is 0 Å². The van der Waals surface area contributed by atoms with E-state index in [2.05, 4.69) is 16.0 Å². The first-order chi connectivity index (χ1) is 14.7. The summed E-state index contributed by atoms with van der Waals surface area (Å²) < 4.78 is 19.2. The molecule has 4 aliphatic rings. The van der Waals surface area contributed by atoms with Gasteiger partial charge in [0, 0.05) is 23.3 Å². The van der Waals surface area contributed by atoms with Gasteiger partial charge in [-0.3, -0.25) is 10.1 Å². The van der Waals surface area contributed by atoms with Crippen LogP contribution < -0.4 is 16.0 Å². The van der Waals surface area contributed by atoms with Crippen LogP contribution in [0, 0.1) is 17.8 Å². The zero-order valence-electron chi connectivity index (χ0n) is 19.0. The third-order valence-corrected chi connectivity index (χ3v) is 8.86. The molecule has 0 aromatic rings. The fraction of sp³-hybridized carbons (Fsp3) is 0.913. The summed E-state index contributed by atoms with van der Waals surface area (Å²) in [6, 6.07) is 0.392. The molecule has 1 saturated heterocycles. The molecule has 3 aliphatic carbocycles. The van der Waals surface area contributed by atoms with Gasteiger partial charge in [0.1, 0.15) is 17.3 Å². The zero-order valence-corrected chi connectivity index (χ0v) is 19.8. The molecule has 3 saturated carbocycles. The molecule has 4 fully saturated rings. The van der Waals surface area contributed by atoms with Crippen LogP contribution in [0.15, 0.2) is 0 Å². The predicted molar refractivity (Wildman–Crippen MR) is 120 cm³/mol. The molecule has 1 heterocycles. The number of carbonyl (C=O) groups is 2. The molecule has 0 spiro atoms. The molecule has 8 atom stereocenters. The number of thioether (sulfide) groups is 1. The Morgan fingerprint density at radius 3 is 2.61 bits per heavy atom. The van der Waals surface area contributed by atoms with E-state index in [1.54, 1.807) is 0 Å². The van der Waals surface area contributed by atoms with Gasteiger partial charge >= 0.3 is 6.09 Å². The van der Waals surface area contributed by atoms with Crippen LogP contribution >= 0.6 is 11.8 Å². The molecular formula is C23H38FN3O3S. The Labute approximate surface area is 189 Å². The van der Waals surface area contributed by atoms with Gasteiger partial charge in [0.25, 0.3) is 0 Å². The summed E-state index contributed by atoms with van der Waals surface area (Å²) in [5, 5.41) is 10.3. The molecule has 4 rings (SSSR count). The van der Waals surface area contributed by atoms with E-state index in [9.17, 15) is 14.0 Å². The van der Waals surface area contributed by atoms with Crippen LogP contribution in [0.1, 0.15) is 78.6 Å². The largest absolute Gasteiger partial charge is 0.444 e. The van der Waals surface area contributed by atoms with Crippen molar-refractivity contribution in [1.82, 2.24) is 16.0 Å². The molecule has 8 heteroatoms. The minimum absolute atomic E-state index is 0.0252. The number of carbonyl (C=O) groups excluding carboxylic acids is 2. The first-order valence-corrected chi connectivity index (χ1v) is 13.0. The fourth-order valence-corrected chi connectivity index (χ4v) is 7.69. The van der Waals surface area contributed by atoms with E-state index in [0.717, 1.165) is 44.9 Å². The van der Waals surface area contributed by atoms with Crippen molar-refractivity contribution in [2.75, 3.05) is 0 Å². The first kappa shape index (κ1) is 23.1. The van der Waals surface area contributed by atoms with Crippen LogP contribution in [0.2, 0.25) is 0 Å². The van der Waals surface area contributed by atoms with E-state index in [4.69, 9.17) is 4.74 Å². The highest BCUT2D eigenvalue weighted by atomic mass is 32.2. The standard InChI is InChI=1S/C23H38FN3O3S/c1-23(2,3)30-22(29)25-16-6-4-5-14(12-16)20(28)27-21-26-18-10-7-13-11-15(24)8-9-17(13)19(18)31-21/h13-19,21,26H,4-12H2,1-3H3,(H,25,29)(H,27,28)/t13?,14-,15?,16-,17?,18?,19?,21?/m0/s1. The number of halogens is 1. The van der Waals surface area contributed by atoms with Gasteiger partial charge < -0.3 is 15.4 Å². The van der Waals surface area contributed by atoms with Crippen molar-refractivity contribution in [3.63, 3.8) is 0 Å². The Bertz CT molecular complexity index is 673. The molecule has 1 aliphatic heterocycles. The third-order valence-electron chi connectivity index (χ3n) is 7.34. The molecule has 31 heavy (non-hydrogen) atoms. The van der Waals surface area contributed by atoms with E-state index in [-0.39, 0.29) is 23.4 Å². The molecule has 0 aromatic carbocycles. The van der Waals surface area contributed by atoms with E-state index in [1.165, 1.54) is 0 Å². The summed E-state index contributed by atoms with van der Waals surface area (Å²) in [7, 11) is 0. The summed E-state index contributed by atoms with van der Waals surface area (Å²) in [4.78, 5) is 25.1. The maximum absolute atomic E-state index is 13.8. The highest BCUT2D eigenvalue weighted by Crippen LogP contribution is 2.49. The summed E-state index contributed by atoms with van der Waals surface area (Å²) in [6.07, 6.45) is 6.83. The van der Waals surface area contributed by atoms with Crippen LogP contribution in [-0.2, 0) is 9.53 Å². The molecular weight excluding hydrogens is 417 g/mol. The van der Waals surface area contributed by atoms with Crippen molar-refractivity contribution < 1.29 is 18.7 Å². The lowest BCUT2D eigenvalue weighted by atomic mass is 9.68. The normalized spacial score (nSPS) is 40.4. The highest BCUT2D eigenvalue weighted by molar-refractivity contribution is 8.00. The lowest BCUT2D eigenvalue weighted by molar-refractivity contribution is -0.126. The highest BCUT2D eigenvalue weighted by Gasteiger charge is 2.48. The second-order valence-corrected chi connectivity index (χ2v) is 12.2. The molecule has 0 radical (unpaired) electrons. The molecule has 176 valence electrons. The summed E-state index contributed by atoms with van der Waals surface area (Å²) in [5.74, 6) is 1.06. The smallest absolute Gasteiger partial charge is 0.407 e. The van der Waals surface area contributed by atoms with Gasteiger partial charge in [-0.1, -0.05) is 6.42 Å². The number of alkyl carbamates (subject to hydrolysis) is 1. The van der Waals surface area contributed by atoms with Gasteiger partial charge in [0.15, 0.2) is 0 Å². The van der Waals surface area contributed by atoms with E-state index in [1.807, 2.05) is 32.5 Å². The number of ether oxygens (including phenoxy) is 1. The van der Waals surface area contributed by atoms with Crippen LogP contribution in [0.4, 0.5) is 9.18 Å². The number of nitrogens with one attached hydrogen (secondary N) is 3. The number of hydrogen-bond donors (Lipinski definition) is 3. The van der Waals surface area contributed by atoms with Gasteiger partial charge in [-0.2, -0.15) is 0 Å². The van der Waals surface area contributed by atoms with Crippen LogP contribution in [0.25, 0.3) is 0 Å². The second-order valence-electron chi connectivity index (χ2n) is 10.9. The Kier molecular flexibility index (Phi) is 7.06. The van der Waals surface area contributed by atoms with Crippen molar-refractivity contribution in [2.24, 2.45) is 17.8 Å². The van der Waals surface area contributed by atoms with E-state index in [0.29, 0.717) is 36.0 Å². The van der Waals surface area contributed by atoms with Crippen molar-refractivity contribution in [1.29, 1.82) is 0 Å². The predicted octanol–water partition coefficient (Wildman–Crippen LogP) is 4.09. The topological polar surface area (TPSA) is 79.5 Å². The number of amides is 2. The minimum atomic E-state index is -0.624. The third kappa shape index (κ3) is 5.86. The number of alkyl halides is 1. The maximum Gasteiger partial charge on any atom is 0.407 e. The second kappa shape index (κ2) is 9.46. The first-order valence-electron chi connectivity index (χ1n) is 12.0. The molecule has 0 aromatic heterocycles. The number of fused-ring (bicyclic) bond motifs is 3. The van der Waals surface area contributed by atoms with Crippen molar-refractivity contribution in [3.8, 4) is 0 Å². The fourth-order valence-electron chi connectivity index (χ4n) is 5.97. The monoisotopic (exact) mass is 455 g/mol. The van der Waals surface area contributed by atoms with Gasteiger partial charge in [-0.15, -0.1) is 11.8 Å². The maximum atomic E-state index is 13.8. The summed E-state index contributed by atoms with van der Waals surface area (Å²) in [5.41, 5.74) is -0.594. The van der Waals surface area contributed by atoms with Gasteiger partial charge in [0.2, 0.25) is 5.91 Å². The van der Waals surface area contributed by atoms with Crippen LogP contribution in [0.5, 0.6) is 0 Å². The lowest BCUT2D eigenvalue weighted by Crippen LogP contribution is -2.49. The van der Waals surface area contributed by atoms with Gasteiger partial charge in [-0.05, 0) is 84.0 Å². The average molecular weight is 456 g/mol. The van der Waals surface area contributed by atoms with Gasteiger partial charge in [-0.25, -0.2) is 9.18 Å². The van der Waals surface area contributed by atoms with Crippen molar-refractivity contribution >= 4 is 23.8 Å². The minimum Gasteiger partial charge on any atom is -0.444 e. The Balaban J connectivity index is 1.26. The Hall–Kier alpha value is -1.02. The SMILES string of the molecule is CC(C)(C)OC(=O)N[C@H]1CCC[C@H](C(=O)NC2NC3CCC4CC(F)CCC4C3S2)C1. The molecule has 6 nitrogen and oxygen atoms in total. The number of rotatable bonds is 3. The molecule has 6 unspecified atom stereocenters. The van der Waals surface area contributed by atoms with Crippen molar-refractivity contribution in [2.45, 2.75) is 113 Å². The summed E-state index contributed by atoms with van der Waals surface area (Å²) in [6.45, 7) is 5.54. The summed E-state index contributed by atoms with van der Waals surface area (Å²) >= 11 is 1.84. The number of hydrogen-bond acceptors (Lipinski definition) is 5. The van der Waals surface area contributed by atoms with Crippen LogP contribution in [-0.4, -0.2) is 46.6 Å².